The predicted octanol–water partition coefficient (Wildman–Crippen LogP) is 5.80. The molecule has 4 rings (SSSR count). The molecule has 0 saturated carbocycles. The zero-order valence-electron chi connectivity index (χ0n) is 16.8. The Balaban J connectivity index is 1.58. The van der Waals surface area contributed by atoms with Crippen LogP contribution < -0.4 is 14.8 Å². The van der Waals surface area contributed by atoms with Crippen molar-refractivity contribution >= 4 is 34.0 Å². The van der Waals surface area contributed by atoms with Crippen molar-refractivity contribution in [3.05, 3.63) is 77.3 Å². The molecule has 0 fully saturated rings. The van der Waals surface area contributed by atoms with Crippen LogP contribution in [-0.4, -0.2) is 30.3 Å². The third kappa shape index (κ3) is 4.52. The zero-order valence-corrected chi connectivity index (χ0v) is 18.3. The molecular weight excluding hydrogens is 434 g/mol. The number of anilines is 1. The second-order valence-electron chi connectivity index (χ2n) is 6.49. The molecule has 0 aliphatic rings. The van der Waals surface area contributed by atoms with Gasteiger partial charge < -0.3 is 9.47 Å². The lowest BCUT2D eigenvalue weighted by molar-refractivity contribution is 0.102. The molecule has 0 atom stereocenters. The number of methoxy groups -OCH3 is 2. The average molecular weight is 452 g/mol. The molecule has 3 aromatic carbocycles. The van der Waals surface area contributed by atoms with Gasteiger partial charge in [0.05, 0.1) is 14.2 Å². The van der Waals surface area contributed by atoms with E-state index in [1.54, 1.807) is 18.2 Å². The highest BCUT2D eigenvalue weighted by Crippen LogP contribution is 2.32. The standard InChI is InChI=1S/C23H18ClN3O3S/c1-29-18-7-4-8-19(30-2)20(18)21(28)25-23-27-26-22(31-23)16-6-3-5-15(13-16)14-9-11-17(24)12-10-14/h3-13H,1-2H3,(H,25,27,28). The van der Waals surface area contributed by atoms with Gasteiger partial charge in [-0.05, 0) is 41.5 Å². The third-order valence-corrected chi connectivity index (χ3v) is 5.73. The van der Waals surface area contributed by atoms with E-state index in [4.69, 9.17) is 21.1 Å². The van der Waals surface area contributed by atoms with Gasteiger partial charge in [0.25, 0.3) is 5.91 Å². The summed E-state index contributed by atoms with van der Waals surface area (Å²) in [6.07, 6.45) is 0. The average Bonchev–Trinajstić information content (AvgIpc) is 3.27. The minimum absolute atomic E-state index is 0.300. The lowest BCUT2D eigenvalue weighted by Gasteiger charge is -2.11. The number of amides is 1. The van der Waals surface area contributed by atoms with Crippen molar-refractivity contribution in [2.24, 2.45) is 0 Å². The first-order chi connectivity index (χ1) is 15.1. The number of nitrogens with zero attached hydrogens (tertiary/aromatic N) is 2. The first kappa shape index (κ1) is 20.8. The van der Waals surface area contributed by atoms with Gasteiger partial charge in [0.1, 0.15) is 22.1 Å². The largest absolute Gasteiger partial charge is 0.496 e. The second kappa shape index (κ2) is 9.16. The van der Waals surface area contributed by atoms with Crippen LogP contribution in [0.5, 0.6) is 11.5 Å². The molecule has 0 saturated heterocycles. The van der Waals surface area contributed by atoms with Crippen LogP contribution in [0.2, 0.25) is 5.02 Å². The fourth-order valence-corrected chi connectivity index (χ4v) is 3.96. The van der Waals surface area contributed by atoms with Crippen LogP contribution in [0.15, 0.2) is 66.7 Å². The van der Waals surface area contributed by atoms with Crippen LogP contribution >= 0.6 is 22.9 Å². The van der Waals surface area contributed by atoms with Crippen LogP contribution in [0, 0.1) is 0 Å². The van der Waals surface area contributed by atoms with Gasteiger partial charge in [-0.15, -0.1) is 10.2 Å². The molecule has 0 aliphatic carbocycles. The van der Waals surface area contributed by atoms with Gasteiger partial charge in [-0.1, -0.05) is 59.3 Å². The van der Waals surface area contributed by atoms with Crippen LogP contribution in [0.3, 0.4) is 0 Å². The topological polar surface area (TPSA) is 73.3 Å². The number of hydrogen-bond donors (Lipinski definition) is 1. The summed E-state index contributed by atoms with van der Waals surface area (Å²) in [4.78, 5) is 12.8. The molecule has 0 bridgehead atoms. The van der Waals surface area contributed by atoms with Crippen LogP contribution in [0.25, 0.3) is 21.7 Å². The lowest BCUT2D eigenvalue weighted by atomic mass is 10.0. The molecule has 0 aliphatic heterocycles. The van der Waals surface area contributed by atoms with E-state index in [0.717, 1.165) is 16.7 Å². The summed E-state index contributed by atoms with van der Waals surface area (Å²) in [6.45, 7) is 0. The highest BCUT2D eigenvalue weighted by atomic mass is 35.5. The number of halogens is 1. The van der Waals surface area contributed by atoms with Crippen molar-refractivity contribution in [1.82, 2.24) is 10.2 Å². The van der Waals surface area contributed by atoms with Crippen LogP contribution in [0.1, 0.15) is 10.4 Å². The molecule has 0 unspecified atom stereocenters. The summed E-state index contributed by atoms with van der Waals surface area (Å²) in [5.41, 5.74) is 3.29. The highest BCUT2D eigenvalue weighted by molar-refractivity contribution is 7.18. The number of nitrogens with one attached hydrogen (secondary N) is 1. The number of benzene rings is 3. The Hall–Kier alpha value is -3.42. The summed E-state index contributed by atoms with van der Waals surface area (Å²) < 4.78 is 10.6. The first-order valence-electron chi connectivity index (χ1n) is 9.31. The van der Waals surface area contributed by atoms with Gasteiger partial charge in [-0.3, -0.25) is 10.1 Å². The van der Waals surface area contributed by atoms with E-state index in [1.165, 1.54) is 25.6 Å². The van der Waals surface area contributed by atoms with Crippen molar-refractivity contribution in [1.29, 1.82) is 0 Å². The SMILES string of the molecule is COc1cccc(OC)c1C(=O)Nc1nnc(-c2cccc(-c3ccc(Cl)cc3)c2)s1. The van der Waals surface area contributed by atoms with Crippen molar-refractivity contribution in [3.8, 4) is 33.2 Å². The molecule has 1 aromatic heterocycles. The van der Waals surface area contributed by atoms with E-state index in [2.05, 4.69) is 15.5 Å². The smallest absolute Gasteiger partial charge is 0.265 e. The summed E-state index contributed by atoms with van der Waals surface area (Å²) >= 11 is 7.27. The number of aromatic nitrogens is 2. The molecular formula is C23H18ClN3O3S. The molecule has 6 nitrogen and oxygen atoms in total. The van der Waals surface area contributed by atoms with Crippen LogP contribution in [0.4, 0.5) is 5.13 Å². The van der Waals surface area contributed by atoms with Crippen molar-refractivity contribution in [2.45, 2.75) is 0 Å². The Morgan fingerprint density at radius 3 is 2.19 bits per heavy atom. The maximum atomic E-state index is 12.8. The number of carbonyl (C=O) groups is 1. The monoisotopic (exact) mass is 451 g/mol. The van der Waals surface area contributed by atoms with Gasteiger partial charge in [-0.25, -0.2) is 0 Å². The number of carbonyl (C=O) groups excluding carboxylic acids is 1. The Bertz CT molecular complexity index is 1200. The van der Waals surface area contributed by atoms with Gasteiger partial charge in [-0.2, -0.15) is 0 Å². The molecule has 8 heteroatoms. The van der Waals surface area contributed by atoms with Gasteiger partial charge in [0.15, 0.2) is 0 Å². The molecule has 31 heavy (non-hydrogen) atoms. The molecule has 0 radical (unpaired) electrons. The number of ether oxygens (including phenoxy) is 2. The molecule has 1 amide bonds. The Labute approximate surface area is 188 Å². The van der Waals surface area contributed by atoms with E-state index in [0.29, 0.717) is 32.2 Å². The predicted molar refractivity (Wildman–Crippen MR) is 123 cm³/mol. The minimum atomic E-state index is -0.382. The number of hydrogen-bond acceptors (Lipinski definition) is 6. The van der Waals surface area contributed by atoms with E-state index in [-0.39, 0.29) is 5.91 Å². The summed E-state index contributed by atoms with van der Waals surface area (Å²) in [5.74, 6) is 0.446. The Kier molecular flexibility index (Phi) is 6.16. The van der Waals surface area contributed by atoms with E-state index >= 15 is 0 Å². The molecule has 4 aromatic rings. The molecule has 1 heterocycles. The van der Waals surface area contributed by atoms with E-state index < -0.39 is 0 Å². The van der Waals surface area contributed by atoms with Crippen molar-refractivity contribution in [2.75, 3.05) is 19.5 Å². The van der Waals surface area contributed by atoms with Gasteiger partial charge in [0.2, 0.25) is 5.13 Å². The van der Waals surface area contributed by atoms with Crippen molar-refractivity contribution < 1.29 is 14.3 Å². The molecule has 156 valence electrons. The maximum Gasteiger partial charge on any atom is 0.265 e. The second-order valence-corrected chi connectivity index (χ2v) is 7.91. The first-order valence-corrected chi connectivity index (χ1v) is 10.5. The fourth-order valence-electron chi connectivity index (χ4n) is 3.10. The van der Waals surface area contributed by atoms with Crippen LogP contribution in [-0.2, 0) is 0 Å². The minimum Gasteiger partial charge on any atom is -0.496 e. The van der Waals surface area contributed by atoms with Gasteiger partial charge >= 0.3 is 0 Å². The Morgan fingerprint density at radius 2 is 1.52 bits per heavy atom. The highest BCUT2D eigenvalue weighted by Gasteiger charge is 2.20. The fraction of sp³-hybridized carbons (Fsp3) is 0.0870. The van der Waals surface area contributed by atoms with E-state index in [1.807, 2.05) is 48.5 Å². The number of rotatable bonds is 6. The summed E-state index contributed by atoms with van der Waals surface area (Å²) in [6, 6.07) is 20.8. The zero-order chi connectivity index (χ0) is 21.8. The molecule has 1 N–H and O–H groups in total. The summed E-state index contributed by atoms with van der Waals surface area (Å²) in [5, 5.41) is 12.9. The Morgan fingerprint density at radius 1 is 0.871 bits per heavy atom. The summed E-state index contributed by atoms with van der Waals surface area (Å²) in [7, 11) is 3.00. The van der Waals surface area contributed by atoms with Crippen molar-refractivity contribution in [3.63, 3.8) is 0 Å². The van der Waals surface area contributed by atoms with Gasteiger partial charge in [0, 0.05) is 10.6 Å². The van der Waals surface area contributed by atoms with E-state index in [9.17, 15) is 4.79 Å². The third-order valence-electron chi connectivity index (χ3n) is 4.59. The quantitative estimate of drug-likeness (QED) is 0.401. The maximum absolute atomic E-state index is 12.8. The normalized spacial score (nSPS) is 10.5. The lowest BCUT2D eigenvalue weighted by Crippen LogP contribution is -2.14. The molecule has 0 spiro atoms.